The lowest BCUT2D eigenvalue weighted by Gasteiger charge is -2.03. The third-order valence-corrected chi connectivity index (χ3v) is 4.14. The maximum atomic E-state index is 11.5. The minimum Gasteiger partial charge on any atom is -0.434 e. The molecule has 0 atom stereocenters. The van der Waals surface area contributed by atoms with Crippen molar-refractivity contribution >= 4 is 49.4 Å². The Hall–Kier alpha value is -1.96. The smallest absolute Gasteiger partial charge is 0.295 e. The van der Waals surface area contributed by atoms with Gasteiger partial charge in [0.25, 0.3) is 16.0 Å². The van der Waals surface area contributed by atoms with Gasteiger partial charge in [0.1, 0.15) is 10.4 Å². The van der Waals surface area contributed by atoms with E-state index in [1.54, 1.807) is 18.2 Å². The van der Waals surface area contributed by atoms with E-state index in [4.69, 9.17) is 16.0 Å². The van der Waals surface area contributed by atoms with Crippen LogP contribution in [0.5, 0.6) is 0 Å². The minimum absolute atomic E-state index is 0.0924. The Bertz CT molecular complexity index is 977. The molecule has 8 heteroatoms. The molecule has 6 nitrogen and oxygen atoms in total. The van der Waals surface area contributed by atoms with Gasteiger partial charge in [0.15, 0.2) is 5.58 Å². The number of benzene rings is 2. The highest BCUT2D eigenvalue weighted by molar-refractivity contribution is 7.86. The molecule has 108 valence electrons. The highest BCUT2D eigenvalue weighted by Gasteiger charge is 2.21. The van der Waals surface area contributed by atoms with E-state index >= 15 is 0 Å². The summed E-state index contributed by atoms with van der Waals surface area (Å²) >= 11 is 5.45. The third-order valence-electron chi connectivity index (χ3n) is 3.00. The van der Waals surface area contributed by atoms with Crippen LogP contribution in [-0.2, 0) is 10.1 Å². The zero-order chi connectivity index (χ0) is 15.2. The van der Waals surface area contributed by atoms with Crippen molar-refractivity contribution in [1.29, 1.82) is 0 Å². The number of fused-ring (bicyclic) bond motifs is 3. The van der Waals surface area contributed by atoms with Gasteiger partial charge < -0.3 is 4.42 Å². The van der Waals surface area contributed by atoms with Gasteiger partial charge in [-0.15, -0.1) is 11.6 Å². The van der Waals surface area contributed by atoms with E-state index in [0.29, 0.717) is 16.3 Å². The first-order valence-corrected chi connectivity index (χ1v) is 7.78. The van der Waals surface area contributed by atoms with E-state index in [-0.39, 0.29) is 22.2 Å². The number of ketones is 1. The van der Waals surface area contributed by atoms with E-state index in [1.807, 2.05) is 0 Å². The van der Waals surface area contributed by atoms with Crippen LogP contribution in [0.3, 0.4) is 0 Å². The molecule has 0 saturated carbocycles. The van der Waals surface area contributed by atoms with Gasteiger partial charge in [-0.1, -0.05) is 24.3 Å². The van der Waals surface area contributed by atoms with Crippen molar-refractivity contribution in [2.45, 2.75) is 4.90 Å². The molecule has 21 heavy (non-hydrogen) atoms. The Morgan fingerprint density at radius 2 is 1.95 bits per heavy atom. The number of rotatable bonds is 3. The predicted molar refractivity (Wildman–Crippen MR) is 76.4 cm³/mol. The van der Waals surface area contributed by atoms with Crippen molar-refractivity contribution in [1.82, 2.24) is 4.98 Å². The summed E-state index contributed by atoms with van der Waals surface area (Å²) in [6, 6.07) is 7.63. The first kappa shape index (κ1) is 14.0. The molecule has 0 amide bonds. The maximum Gasteiger partial charge on any atom is 0.295 e. The van der Waals surface area contributed by atoms with Crippen LogP contribution in [0, 0.1) is 0 Å². The quantitative estimate of drug-likeness (QED) is 0.451. The molecule has 1 heterocycles. The van der Waals surface area contributed by atoms with Gasteiger partial charge in [0.05, 0.1) is 5.88 Å². The van der Waals surface area contributed by atoms with Crippen molar-refractivity contribution in [3.05, 3.63) is 36.2 Å². The summed E-state index contributed by atoms with van der Waals surface area (Å²) in [5.41, 5.74) is 0.432. The lowest BCUT2D eigenvalue weighted by Crippen LogP contribution is -1.99. The second kappa shape index (κ2) is 4.80. The molecule has 2 aromatic carbocycles. The monoisotopic (exact) mass is 325 g/mol. The van der Waals surface area contributed by atoms with E-state index in [9.17, 15) is 17.8 Å². The molecule has 0 aliphatic carbocycles. The second-order valence-corrected chi connectivity index (χ2v) is 5.98. The zero-order valence-corrected chi connectivity index (χ0v) is 12.0. The number of alkyl halides is 1. The van der Waals surface area contributed by atoms with E-state index in [2.05, 4.69) is 4.98 Å². The highest BCUT2D eigenvalue weighted by atomic mass is 35.5. The number of nitrogens with zero attached hydrogens (tertiary/aromatic N) is 1. The molecule has 3 aromatic rings. The Morgan fingerprint density at radius 3 is 2.57 bits per heavy atom. The molecule has 0 unspecified atom stereocenters. The zero-order valence-electron chi connectivity index (χ0n) is 10.4. The lowest BCUT2D eigenvalue weighted by atomic mass is 10.1. The fraction of sp³-hybridized carbons (Fsp3) is 0.0769. The van der Waals surface area contributed by atoms with Crippen LogP contribution in [0.1, 0.15) is 10.7 Å². The van der Waals surface area contributed by atoms with Crippen LogP contribution in [0.2, 0.25) is 0 Å². The minimum atomic E-state index is -4.44. The van der Waals surface area contributed by atoms with Crippen LogP contribution in [-0.4, -0.2) is 29.6 Å². The third kappa shape index (κ3) is 2.29. The molecule has 1 aromatic heterocycles. The number of aromatic nitrogens is 1. The molecule has 0 fully saturated rings. The summed E-state index contributed by atoms with van der Waals surface area (Å²) in [5, 5.41) is 0.755. The number of Topliss-reactive ketones (excluding diaryl/α,β-unsaturated/α-hetero) is 1. The van der Waals surface area contributed by atoms with E-state index in [0.717, 1.165) is 6.07 Å². The van der Waals surface area contributed by atoms with Crippen molar-refractivity contribution < 1.29 is 22.2 Å². The average molecular weight is 326 g/mol. The Balaban J connectivity index is 2.47. The number of hydrogen-bond acceptors (Lipinski definition) is 5. The molecule has 0 aliphatic rings. The SMILES string of the molecule is O=C(CCl)c1nc2c(cc(S(=O)(=O)O)c3ccccc32)o1. The maximum absolute atomic E-state index is 11.5. The summed E-state index contributed by atoms with van der Waals surface area (Å²) in [6.07, 6.45) is 0. The average Bonchev–Trinajstić information content (AvgIpc) is 2.88. The highest BCUT2D eigenvalue weighted by Crippen LogP contribution is 2.31. The van der Waals surface area contributed by atoms with Crippen LogP contribution in [0.4, 0.5) is 0 Å². The summed E-state index contributed by atoms with van der Waals surface area (Å²) in [4.78, 5) is 15.3. The van der Waals surface area contributed by atoms with Gasteiger partial charge in [-0.3, -0.25) is 9.35 Å². The fourth-order valence-electron chi connectivity index (χ4n) is 2.11. The van der Waals surface area contributed by atoms with E-state index in [1.165, 1.54) is 6.07 Å². The predicted octanol–water partition coefficient (Wildman–Crippen LogP) is 2.65. The number of halogens is 1. The molecule has 3 rings (SSSR count). The number of oxazole rings is 1. The number of carbonyl (C=O) groups is 1. The molecule has 1 N–H and O–H groups in total. The summed E-state index contributed by atoms with van der Waals surface area (Å²) in [7, 11) is -4.44. The first-order chi connectivity index (χ1) is 9.91. The van der Waals surface area contributed by atoms with Gasteiger partial charge in [0.2, 0.25) is 5.78 Å². The normalized spacial score (nSPS) is 12.1. The van der Waals surface area contributed by atoms with Crippen LogP contribution < -0.4 is 0 Å². The van der Waals surface area contributed by atoms with Gasteiger partial charge in [-0.25, -0.2) is 4.98 Å². The standard InChI is InChI=1S/C13H8ClNO5S/c14-6-9(16)13-15-12-8-4-2-1-3-7(8)11(21(17,18)19)5-10(12)20-13/h1-5H,6H2,(H,17,18,19). The van der Waals surface area contributed by atoms with Crippen molar-refractivity contribution in [2.75, 3.05) is 5.88 Å². The van der Waals surface area contributed by atoms with Crippen LogP contribution >= 0.6 is 11.6 Å². The fourth-order valence-corrected chi connectivity index (χ4v) is 2.94. The van der Waals surface area contributed by atoms with Crippen molar-refractivity contribution in [3.63, 3.8) is 0 Å². The van der Waals surface area contributed by atoms with Crippen LogP contribution in [0.25, 0.3) is 21.9 Å². The molecule has 0 spiro atoms. The Kier molecular flexibility index (Phi) is 3.20. The van der Waals surface area contributed by atoms with Crippen LogP contribution in [0.15, 0.2) is 39.6 Å². The van der Waals surface area contributed by atoms with Crippen molar-refractivity contribution in [2.24, 2.45) is 0 Å². The topological polar surface area (TPSA) is 97.5 Å². The van der Waals surface area contributed by atoms with Gasteiger partial charge in [-0.05, 0) is 0 Å². The number of hydrogen-bond donors (Lipinski definition) is 1. The van der Waals surface area contributed by atoms with E-state index < -0.39 is 15.9 Å². The number of carbonyl (C=O) groups excluding carboxylic acids is 1. The molecular weight excluding hydrogens is 318 g/mol. The summed E-state index contributed by atoms with van der Waals surface area (Å²) < 4.78 is 37.6. The largest absolute Gasteiger partial charge is 0.434 e. The lowest BCUT2D eigenvalue weighted by molar-refractivity contribution is 0.0986. The summed E-state index contributed by atoms with van der Waals surface area (Å²) in [5.74, 6) is -1.00. The molecule has 0 saturated heterocycles. The van der Waals surface area contributed by atoms with Gasteiger partial charge >= 0.3 is 0 Å². The van der Waals surface area contributed by atoms with Gasteiger partial charge in [-0.2, -0.15) is 8.42 Å². The first-order valence-electron chi connectivity index (χ1n) is 5.81. The summed E-state index contributed by atoms with van der Waals surface area (Å²) in [6.45, 7) is 0. The Morgan fingerprint density at radius 1 is 1.29 bits per heavy atom. The molecule has 0 bridgehead atoms. The second-order valence-electron chi connectivity index (χ2n) is 4.32. The van der Waals surface area contributed by atoms with Gasteiger partial charge in [0, 0.05) is 16.8 Å². The molecular formula is C13H8ClNO5S. The molecule has 0 radical (unpaired) electrons. The molecule has 0 aliphatic heterocycles. The van der Waals surface area contributed by atoms with Crippen molar-refractivity contribution in [3.8, 4) is 0 Å². The Labute approximate surface area is 124 Å².